The van der Waals surface area contributed by atoms with Gasteiger partial charge in [0.2, 0.25) is 5.91 Å². The molecule has 1 fully saturated rings. The van der Waals surface area contributed by atoms with Crippen molar-refractivity contribution >= 4 is 40.0 Å². The molecule has 4 heterocycles. The molecule has 0 aliphatic carbocycles. The highest BCUT2D eigenvalue weighted by Crippen LogP contribution is 2.38. The predicted molar refractivity (Wildman–Crippen MR) is 165 cm³/mol. The van der Waals surface area contributed by atoms with Gasteiger partial charge in [-0.25, -0.2) is 23.1 Å². The lowest BCUT2D eigenvalue weighted by atomic mass is 10.0. The number of benzene rings is 1. The van der Waals surface area contributed by atoms with Crippen LogP contribution in [0.3, 0.4) is 0 Å². The zero-order valence-corrected chi connectivity index (χ0v) is 25.3. The number of aryl methyl sites for hydroxylation is 1. The number of hydrogen-bond acceptors (Lipinski definition) is 7. The van der Waals surface area contributed by atoms with E-state index < -0.39 is 17.3 Å². The molecule has 1 aliphatic rings. The number of nitrogen functional groups attached to an aromatic ring is 1. The standard InChI is InChI=1S/C31H32ClF2N7O2/c1-7-24(42)39-13-18(6)40(14-17(39)5)29-21-12-22(32)27(20-10-19(33)11-23(34)25(20)35)37-30(21)41(31(43)38-29)28-16(4)8-9-36-26(28)15(2)3/h7-12,15,17-18H,1,13-14,35H2,2-6H3/t17-,18+/m1/s1. The zero-order valence-electron chi connectivity index (χ0n) is 24.5. The molecule has 9 nitrogen and oxygen atoms in total. The van der Waals surface area contributed by atoms with Gasteiger partial charge in [0.05, 0.1) is 33.2 Å². The molecule has 0 saturated carbocycles. The van der Waals surface area contributed by atoms with Crippen LogP contribution in [0.4, 0.5) is 20.3 Å². The summed E-state index contributed by atoms with van der Waals surface area (Å²) < 4.78 is 30.3. The minimum atomic E-state index is -0.958. The molecule has 0 radical (unpaired) electrons. The van der Waals surface area contributed by atoms with Crippen molar-refractivity contribution in [3.05, 3.63) is 81.5 Å². The summed E-state index contributed by atoms with van der Waals surface area (Å²) in [4.78, 5) is 44.0. The summed E-state index contributed by atoms with van der Waals surface area (Å²) in [5.74, 6) is -1.73. The van der Waals surface area contributed by atoms with Crippen molar-refractivity contribution in [3.63, 3.8) is 0 Å². The van der Waals surface area contributed by atoms with Crippen LogP contribution >= 0.6 is 11.6 Å². The highest BCUT2D eigenvalue weighted by Gasteiger charge is 2.34. The third-order valence-electron chi connectivity index (χ3n) is 7.79. The van der Waals surface area contributed by atoms with E-state index >= 15 is 0 Å². The highest BCUT2D eigenvalue weighted by atomic mass is 35.5. The Morgan fingerprint density at radius 1 is 1.16 bits per heavy atom. The molecule has 0 spiro atoms. The van der Waals surface area contributed by atoms with E-state index in [2.05, 4.69) is 16.5 Å². The zero-order chi connectivity index (χ0) is 31.3. The van der Waals surface area contributed by atoms with Gasteiger partial charge in [-0.15, -0.1) is 0 Å². The lowest BCUT2D eigenvalue weighted by Crippen LogP contribution is -2.58. The number of piperazine rings is 1. The Bertz CT molecular complexity index is 1840. The summed E-state index contributed by atoms with van der Waals surface area (Å²) in [5.41, 5.74) is 7.09. The number of nitrogens with two attached hydrogens (primary N) is 1. The van der Waals surface area contributed by atoms with Crippen LogP contribution in [0.1, 0.15) is 44.9 Å². The largest absolute Gasteiger partial charge is 0.396 e. The van der Waals surface area contributed by atoms with Crippen LogP contribution in [0.25, 0.3) is 28.0 Å². The lowest BCUT2D eigenvalue weighted by molar-refractivity contribution is -0.128. The van der Waals surface area contributed by atoms with Gasteiger partial charge in [-0.2, -0.15) is 4.98 Å². The smallest absolute Gasteiger partial charge is 0.355 e. The van der Waals surface area contributed by atoms with Crippen LogP contribution in [0, 0.1) is 18.6 Å². The molecule has 3 aromatic heterocycles. The van der Waals surface area contributed by atoms with Crippen molar-refractivity contribution in [1.82, 2.24) is 24.4 Å². The number of aromatic nitrogens is 4. The molecule has 0 bridgehead atoms. The molecule has 1 saturated heterocycles. The Morgan fingerprint density at radius 3 is 2.56 bits per heavy atom. The van der Waals surface area contributed by atoms with Gasteiger partial charge in [0, 0.05) is 43.0 Å². The summed E-state index contributed by atoms with van der Waals surface area (Å²) in [6, 6.07) is 4.65. The van der Waals surface area contributed by atoms with Crippen LogP contribution in [-0.4, -0.2) is 55.5 Å². The number of rotatable bonds is 5. The van der Waals surface area contributed by atoms with Gasteiger partial charge >= 0.3 is 5.69 Å². The molecule has 2 atom stereocenters. The third kappa shape index (κ3) is 5.22. The molecule has 224 valence electrons. The normalized spacial score (nSPS) is 17.1. The molecule has 12 heteroatoms. The quantitative estimate of drug-likeness (QED) is 0.239. The van der Waals surface area contributed by atoms with Crippen LogP contribution in [-0.2, 0) is 4.79 Å². The van der Waals surface area contributed by atoms with Gasteiger partial charge in [-0.1, -0.05) is 32.0 Å². The first-order valence-electron chi connectivity index (χ1n) is 13.9. The number of anilines is 2. The number of carbonyl (C=O) groups is 1. The Labute approximate surface area is 252 Å². The number of amides is 1. The second-order valence-electron chi connectivity index (χ2n) is 11.2. The molecular formula is C31H32ClF2N7O2. The van der Waals surface area contributed by atoms with Gasteiger partial charge in [-0.05, 0) is 56.5 Å². The fourth-order valence-corrected chi connectivity index (χ4v) is 5.88. The van der Waals surface area contributed by atoms with E-state index in [1.165, 1.54) is 10.6 Å². The summed E-state index contributed by atoms with van der Waals surface area (Å²) in [6.07, 6.45) is 2.95. The summed E-state index contributed by atoms with van der Waals surface area (Å²) in [7, 11) is 0. The van der Waals surface area contributed by atoms with Crippen LogP contribution in [0.2, 0.25) is 5.02 Å². The fraction of sp³-hybridized carbons (Fsp3) is 0.323. The number of halogens is 3. The topological polar surface area (TPSA) is 110 Å². The minimum absolute atomic E-state index is 0.00539. The van der Waals surface area contributed by atoms with Gasteiger partial charge < -0.3 is 15.5 Å². The van der Waals surface area contributed by atoms with E-state index in [-0.39, 0.29) is 51.5 Å². The molecule has 1 amide bonds. The molecular weight excluding hydrogens is 576 g/mol. The van der Waals surface area contributed by atoms with Crippen molar-refractivity contribution < 1.29 is 13.6 Å². The average Bonchev–Trinajstić information content (AvgIpc) is 2.95. The molecule has 2 N–H and O–H groups in total. The number of carbonyl (C=O) groups excluding carboxylic acids is 1. The van der Waals surface area contributed by atoms with Gasteiger partial charge in [0.25, 0.3) is 0 Å². The van der Waals surface area contributed by atoms with E-state index in [9.17, 15) is 18.4 Å². The Hall–Kier alpha value is -4.38. The van der Waals surface area contributed by atoms with Crippen molar-refractivity contribution in [2.75, 3.05) is 23.7 Å². The number of fused-ring (bicyclic) bond motifs is 1. The molecule has 5 rings (SSSR count). The van der Waals surface area contributed by atoms with E-state index in [0.717, 1.165) is 11.6 Å². The van der Waals surface area contributed by atoms with Crippen LogP contribution in [0.15, 0.2) is 47.9 Å². The first kappa shape index (κ1) is 30.1. The van der Waals surface area contributed by atoms with E-state index in [1.807, 2.05) is 39.5 Å². The molecule has 0 unspecified atom stereocenters. The van der Waals surface area contributed by atoms with Gasteiger partial charge in [-0.3, -0.25) is 9.78 Å². The van der Waals surface area contributed by atoms with Crippen molar-refractivity contribution in [2.45, 2.75) is 52.6 Å². The summed E-state index contributed by atoms with van der Waals surface area (Å²) in [5, 5.41) is 0.495. The first-order chi connectivity index (χ1) is 20.3. The average molecular weight is 608 g/mol. The minimum Gasteiger partial charge on any atom is -0.396 e. The van der Waals surface area contributed by atoms with Crippen molar-refractivity contribution in [3.8, 4) is 16.9 Å². The third-order valence-corrected chi connectivity index (χ3v) is 8.08. The number of hydrogen-bond donors (Lipinski definition) is 1. The molecule has 1 aromatic carbocycles. The summed E-state index contributed by atoms with van der Waals surface area (Å²) >= 11 is 6.75. The maximum atomic E-state index is 14.5. The van der Waals surface area contributed by atoms with Crippen LogP contribution in [0.5, 0.6) is 0 Å². The SMILES string of the molecule is C=CC(=O)N1C[C@H](C)N(c2nc(=O)n(-c3c(C)ccnc3C(C)C)c3nc(-c4cc(F)cc(F)c4N)c(Cl)cc23)C[C@H]1C. The second kappa shape index (κ2) is 11.4. The van der Waals surface area contributed by atoms with E-state index in [4.69, 9.17) is 22.3 Å². The Morgan fingerprint density at radius 2 is 1.88 bits per heavy atom. The van der Waals surface area contributed by atoms with E-state index in [1.54, 1.807) is 23.2 Å². The van der Waals surface area contributed by atoms with Crippen molar-refractivity contribution in [1.29, 1.82) is 0 Å². The first-order valence-corrected chi connectivity index (χ1v) is 14.3. The second-order valence-corrected chi connectivity index (χ2v) is 11.6. The molecule has 1 aliphatic heterocycles. The fourth-order valence-electron chi connectivity index (χ4n) is 5.63. The van der Waals surface area contributed by atoms with Gasteiger partial charge in [0.1, 0.15) is 17.5 Å². The maximum absolute atomic E-state index is 14.5. The maximum Gasteiger partial charge on any atom is 0.355 e. The Balaban J connectivity index is 1.85. The molecule has 4 aromatic rings. The van der Waals surface area contributed by atoms with Crippen LogP contribution < -0.4 is 16.3 Å². The monoisotopic (exact) mass is 607 g/mol. The number of pyridine rings is 2. The molecule has 43 heavy (non-hydrogen) atoms. The number of nitrogens with zero attached hydrogens (tertiary/aromatic N) is 6. The predicted octanol–water partition coefficient (Wildman–Crippen LogP) is 5.40. The van der Waals surface area contributed by atoms with E-state index in [0.29, 0.717) is 41.7 Å². The summed E-state index contributed by atoms with van der Waals surface area (Å²) in [6.45, 7) is 13.9. The van der Waals surface area contributed by atoms with Crippen molar-refractivity contribution in [2.24, 2.45) is 0 Å². The van der Waals surface area contributed by atoms with Gasteiger partial charge in [0.15, 0.2) is 5.65 Å². The highest BCUT2D eigenvalue weighted by molar-refractivity contribution is 6.34. The Kier molecular flexibility index (Phi) is 7.95. The lowest BCUT2D eigenvalue weighted by Gasteiger charge is -2.44.